The van der Waals surface area contributed by atoms with E-state index in [4.69, 9.17) is 14.5 Å². The molecule has 0 aliphatic carbocycles. The Kier molecular flexibility index (Phi) is 6.94. The van der Waals surface area contributed by atoms with Crippen molar-refractivity contribution in [2.45, 2.75) is 26.3 Å². The van der Waals surface area contributed by atoms with Crippen molar-refractivity contribution in [3.63, 3.8) is 0 Å². The molecule has 7 heteroatoms. The van der Waals surface area contributed by atoms with E-state index in [1.54, 1.807) is 14.2 Å². The average molecular weight is 434 g/mol. The number of methoxy groups -OCH3 is 2. The first-order chi connectivity index (χ1) is 15.7. The van der Waals surface area contributed by atoms with Gasteiger partial charge < -0.3 is 19.7 Å². The lowest BCUT2D eigenvalue weighted by Crippen LogP contribution is -2.44. The summed E-state index contributed by atoms with van der Waals surface area (Å²) in [5, 5.41) is 7.94. The maximum absolute atomic E-state index is 5.50. The number of nitrogens with one attached hydrogen (secondary N) is 1. The molecule has 2 aromatic carbocycles. The molecule has 32 heavy (non-hydrogen) atoms. The number of fused-ring (bicyclic) bond motifs is 1. The normalized spacial score (nSPS) is 13.6. The molecule has 1 aliphatic rings. The van der Waals surface area contributed by atoms with Gasteiger partial charge in [0.05, 0.1) is 26.1 Å². The van der Waals surface area contributed by atoms with Crippen molar-refractivity contribution in [1.82, 2.24) is 20.0 Å². The van der Waals surface area contributed by atoms with E-state index < -0.39 is 0 Å². The van der Waals surface area contributed by atoms with Gasteiger partial charge in [0, 0.05) is 32.4 Å². The summed E-state index contributed by atoms with van der Waals surface area (Å²) in [5.41, 5.74) is 4.80. The van der Waals surface area contributed by atoms with Crippen LogP contribution in [0.25, 0.3) is 5.69 Å². The van der Waals surface area contributed by atoms with Gasteiger partial charge in [0.15, 0.2) is 17.5 Å². The Morgan fingerprint density at radius 2 is 1.84 bits per heavy atom. The fourth-order valence-corrected chi connectivity index (χ4v) is 3.99. The second-order valence-electron chi connectivity index (χ2n) is 7.76. The summed E-state index contributed by atoms with van der Waals surface area (Å²) in [7, 11) is 3.36. The molecule has 168 valence electrons. The smallest absolute Gasteiger partial charge is 0.194 e. The summed E-state index contributed by atoms with van der Waals surface area (Å²) in [4.78, 5) is 7.21. The van der Waals surface area contributed by atoms with E-state index in [0.29, 0.717) is 6.54 Å². The molecule has 0 bridgehead atoms. The lowest BCUT2D eigenvalue weighted by Gasteiger charge is -2.32. The van der Waals surface area contributed by atoms with Gasteiger partial charge in [-0.2, -0.15) is 5.10 Å². The van der Waals surface area contributed by atoms with Crippen molar-refractivity contribution < 1.29 is 9.47 Å². The van der Waals surface area contributed by atoms with E-state index in [2.05, 4.69) is 52.7 Å². The molecular formula is C25H31N5O2. The first-order valence-electron chi connectivity index (χ1n) is 11.1. The van der Waals surface area contributed by atoms with Gasteiger partial charge in [0.25, 0.3) is 0 Å². The summed E-state index contributed by atoms with van der Waals surface area (Å²) in [5.74, 6) is 2.50. The highest BCUT2D eigenvalue weighted by Crippen LogP contribution is 2.33. The first kappa shape index (κ1) is 21.7. The SMILES string of the molecule is CCNC(=NCCc1cnn(-c2ccccc2)c1)N1CCc2cc(OC)c(OC)cc2C1. The molecule has 0 radical (unpaired) electrons. The fourth-order valence-electron chi connectivity index (χ4n) is 3.99. The standard InChI is InChI=1S/C25H31N5O2/c1-4-26-25(27-12-10-19-16-28-30(17-19)22-8-6-5-7-9-22)29-13-11-20-14-23(31-2)24(32-3)15-21(20)18-29/h5-9,14-17H,4,10-13,18H2,1-3H3,(H,26,27). The molecule has 4 rings (SSSR count). The molecule has 1 aliphatic heterocycles. The van der Waals surface area contributed by atoms with Gasteiger partial charge in [-0.25, -0.2) is 4.68 Å². The maximum atomic E-state index is 5.50. The topological polar surface area (TPSA) is 63.9 Å². The molecule has 7 nitrogen and oxygen atoms in total. The summed E-state index contributed by atoms with van der Waals surface area (Å²) in [6, 6.07) is 14.3. The monoisotopic (exact) mass is 433 g/mol. The summed E-state index contributed by atoms with van der Waals surface area (Å²) in [6.07, 6.45) is 5.79. The molecule has 0 spiro atoms. The van der Waals surface area contributed by atoms with Crippen LogP contribution in [-0.4, -0.2) is 54.5 Å². The van der Waals surface area contributed by atoms with Gasteiger partial charge in [0.1, 0.15) is 0 Å². The summed E-state index contributed by atoms with van der Waals surface area (Å²) in [6.45, 7) is 5.36. The van der Waals surface area contributed by atoms with Gasteiger partial charge in [-0.1, -0.05) is 18.2 Å². The van der Waals surface area contributed by atoms with Gasteiger partial charge in [-0.05, 0) is 60.7 Å². The fraction of sp³-hybridized carbons (Fsp3) is 0.360. The van der Waals surface area contributed by atoms with Crippen molar-refractivity contribution in [3.8, 4) is 17.2 Å². The Balaban J connectivity index is 1.43. The Morgan fingerprint density at radius 3 is 2.56 bits per heavy atom. The van der Waals surface area contributed by atoms with Crippen LogP contribution in [0.4, 0.5) is 0 Å². The molecule has 0 unspecified atom stereocenters. The minimum absolute atomic E-state index is 0.706. The number of hydrogen-bond donors (Lipinski definition) is 1. The van der Waals surface area contributed by atoms with Crippen LogP contribution >= 0.6 is 0 Å². The van der Waals surface area contributed by atoms with Gasteiger partial charge in [-0.3, -0.25) is 4.99 Å². The lowest BCUT2D eigenvalue weighted by atomic mass is 9.99. The number of benzene rings is 2. The van der Waals surface area contributed by atoms with Crippen molar-refractivity contribution in [2.24, 2.45) is 4.99 Å². The quantitative estimate of drug-likeness (QED) is 0.457. The van der Waals surface area contributed by atoms with Crippen molar-refractivity contribution >= 4 is 5.96 Å². The van der Waals surface area contributed by atoms with Crippen LogP contribution in [0.1, 0.15) is 23.6 Å². The van der Waals surface area contributed by atoms with Crippen LogP contribution < -0.4 is 14.8 Å². The van der Waals surface area contributed by atoms with Crippen LogP contribution in [0.5, 0.6) is 11.5 Å². The molecule has 0 saturated carbocycles. The Bertz CT molecular complexity index is 1060. The third kappa shape index (κ3) is 4.88. The molecule has 2 heterocycles. The van der Waals surface area contributed by atoms with E-state index in [-0.39, 0.29) is 0 Å². The molecular weight excluding hydrogens is 402 g/mol. The largest absolute Gasteiger partial charge is 0.493 e. The van der Waals surface area contributed by atoms with Crippen molar-refractivity contribution in [1.29, 1.82) is 0 Å². The molecule has 0 fully saturated rings. The number of nitrogens with zero attached hydrogens (tertiary/aromatic N) is 4. The zero-order valence-electron chi connectivity index (χ0n) is 19.0. The van der Waals surface area contributed by atoms with Crippen LogP contribution in [0, 0.1) is 0 Å². The van der Waals surface area contributed by atoms with Crippen molar-refractivity contribution in [2.75, 3.05) is 33.9 Å². The molecule has 1 N–H and O–H groups in total. The number of ether oxygens (including phenoxy) is 2. The predicted octanol–water partition coefficient (Wildman–Crippen LogP) is 3.46. The Morgan fingerprint density at radius 1 is 1.09 bits per heavy atom. The number of aliphatic imine (C=N–C) groups is 1. The minimum Gasteiger partial charge on any atom is -0.493 e. The third-order valence-corrected chi connectivity index (χ3v) is 5.67. The summed E-state index contributed by atoms with van der Waals surface area (Å²) >= 11 is 0. The van der Waals surface area contributed by atoms with Gasteiger partial charge in [-0.15, -0.1) is 0 Å². The van der Waals surface area contributed by atoms with Crippen LogP contribution in [0.2, 0.25) is 0 Å². The van der Waals surface area contributed by atoms with Gasteiger partial charge in [0.2, 0.25) is 0 Å². The number of hydrogen-bond acceptors (Lipinski definition) is 4. The predicted molar refractivity (Wildman–Crippen MR) is 127 cm³/mol. The van der Waals surface area contributed by atoms with Crippen LogP contribution in [0.3, 0.4) is 0 Å². The van der Waals surface area contributed by atoms with Crippen LogP contribution in [-0.2, 0) is 19.4 Å². The van der Waals surface area contributed by atoms with Gasteiger partial charge >= 0.3 is 0 Å². The summed E-state index contributed by atoms with van der Waals surface area (Å²) < 4.78 is 12.9. The molecule has 1 aromatic heterocycles. The number of guanidine groups is 1. The van der Waals surface area contributed by atoms with E-state index in [0.717, 1.165) is 55.6 Å². The highest BCUT2D eigenvalue weighted by atomic mass is 16.5. The second-order valence-corrected chi connectivity index (χ2v) is 7.76. The molecule has 0 saturated heterocycles. The zero-order chi connectivity index (χ0) is 22.3. The maximum Gasteiger partial charge on any atom is 0.194 e. The highest BCUT2D eigenvalue weighted by Gasteiger charge is 2.21. The average Bonchev–Trinajstić information content (AvgIpc) is 3.31. The minimum atomic E-state index is 0.706. The molecule has 0 atom stereocenters. The number of para-hydroxylation sites is 1. The zero-order valence-corrected chi connectivity index (χ0v) is 19.0. The number of aromatic nitrogens is 2. The Hall–Kier alpha value is -3.48. The molecule has 3 aromatic rings. The van der Waals surface area contributed by atoms with Crippen LogP contribution in [0.15, 0.2) is 59.9 Å². The molecule has 0 amide bonds. The van der Waals surface area contributed by atoms with E-state index in [1.807, 2.05) is 29.1 Å². The number of rotatable bonds is 7. The van der Waals surface area contributed by atoms with E-state index in [9.17, 15) is 0 Å². The highest BCUT2D eigenvalue weighted by molar-refractivity contribution is 5.80. The van der Waals surface area contributed by atoms with Crippen molar-refractivity contribution in [3.05, 3.63) is 71.5 Å². The lowest BCUT2D eigenvalue weighted by molar-refractivity contribution is 0.346. The second kappa shape index (κ2) is 10.2. The first-order valence-corrected chi connectivity index (χ1v) is 11.1. The third-order valence-electron chi connectivity index (χ3n) is 5.67. The van der Waals surface area contributed by atoms with E-state index in [1.165, 1.54) is 16.7 Å². The Labute approximate surface area is 189 Å². The van der Waals surface area contributed by atoms with E-state index >= 15 is 0 Å².